The first-order valence-electron chi connectivity index (χ1n) is 23.3. The molecule has 1 heterocycles. The number of carbonyl (C=O) groups is 2. The highest BCUT2D eigenvalue weighted by atomic mass is 31.2. The van der Waals surface area contributed by atoms with E-state index in [1.807, 2.05) is 19.1 Å². The van der Waals surface area contributed by atoms with E-state index in [1.54, 1.807) is 12.2 Å². The summed E-state index contributed by atoms with van der Waals surface area (Å²) in [6.45, 7) is 2.75. The zero-order valence-corrected chi connectivity index (χ0v) is 38.8. The first-order valence-corrected chi connectivity index (χ1v) is 24.8. The monoisotopic (exact) mass is 931 g/mol. The Balaban J connectivity index is 2.24. The Morgan fingerprint density at radius 1 is 0.797 bits per heavy atom. The molecule has 1 aliphatic heterocycles. The van der Waals surface area contributed by atoms with Gasteiger partial charge in [-0.05, 0) is 70.6 Å². The zero-order chi connectivity index (χ0) is 47.3. The number of carbonyl (C=O) groups excluding carboxylic acids is 2. The summed E-state index contributed by atoms with van der Waals surface area (Å²) >= 11 is 0. The van der Waals surface area contributed by atoms with Gasteiger partial charge in [-0.25, -0.2) is 4.57 Å². The van der Waals surface area contributed by atoms with Gasteiger partial charge in [0.25, 0.3) is 0 Å². The van der Waals surface area contributed by atoms with Gasteiger partial charge in [0.1, 0.15) is 31.0 Å². The van der Waals surface area contributed by atoms with E-state index >= 15 is 0 Å². The summed E-state index contributed by atoms with van der Waals surface area (Å²) in [6, 6.07) is 0. The lowest BCUT2D eigenvalue weighted by Gasteiger charge is -2.37. The molecule has 2 rings (SSSR count). The number of allylic oxidation sites excluding steroid dienone is 8. The number of phosphoric ester groups is 1. The van der Waals surface area contributed by atoms with E-state index in [0.29, 0.717) is 38.5 Å². The number of unbranched alkanes of at least 4 members (excludes halogenated alkanes) is 7. The van der Waals surface area contributed by atoms with E-state index in [-0.39, 0.29) is 19.3 Å². The average Bonchev–Trinajstić information content (AvgIpc) is 3.26. The summed E-state index contributed by atoms with van der Waals surface area (Å²) in [5.74, 6) is -4.10. The molecule has 13 atom stereocenters. The topological polar surface area (TPSA) is 270 Å². The number of fused-ring (bicyclic) bond motifs is 4. The molecule has 64 heavy (non-hydrogen) atoms. The third-order valence-corrected chi connectivity index (χ3v) is 12.4. The van der Waals surface area contributed by atoms with Gasteiger partial charge in [-0.15, -0.1) is 0 Å². The quantitative estimate of drug-likeness (QED) is 0.0323. The maximum Gasteiger partial charge on any atom is 0.472 e. The van der Waals surface area contributed by atoms with E-state index < -0.39 is 112 Å². The minimum absolute atomic E-state index is 0.0200. The van der Waals surface area contributed by atoms with Gasteiger partial charge in [0.05, 0.1) is 37.1 Å². The number of rotatable bonds is 20. The molecule has 0 aromatic carbocycles. The van der Waals surface area contributed by atoms with Crippen LogP contribution in [0.1, 0.15) is 136 Å². The van der Waals surface area contributed by atoms with Crippen LogP contribution in [0, 0.1) is 11.8 Å². The van der Waals surface area contributed by atoms with Gasteiger partial charge >= 0.3 is 19.8 Å². The standard InChI is InChI=1S/C47H79O16P/c1-3-5-7-8-9-10-11-12-13-14-15-16-17-18-24-28-41(52)62-35-32-60-40(51)27-23-20-19-22-26-36-38(49)31-39(50)37(30-29-34(48)25-21-6-4-2)43(54)45(56)47(46(57)44(55)42(36)53)63-64(58,59)61-33-35/h9-10,12-13,15-16,19,22,29-30,34-39,42-50,53-57H,3-8,11,14,17-18,20-21,23-28,31-33H2,1-2H3,(H,58,59)/b10-9-,13-12-,16-15-,22-19+,30-29?/t34-,35+,36-,37-,38-,39+,42+,43+,44-,45+,46+,47+/m0/s1. The van der Waals surface area contributed by atoms with Gasteiger partial charge in [0, 0.05) is 31.1 Å². The summed E-state index contributed by atoms with van der Waals surface area (Å²) in [5, 5.41) is 90.0. The van der Waals surface area contributed by atoms with Crippen LogP contribution in [0.5, 0.6) is 0 Å². The fourth-order valence-electron chi connectivity index (χ4n) is 7.47. The van der Waals surface area contributed by atoms with E-state index in [2.05, 4.69) is 31.2 Å². The highest BCUT2D eigenvalue weighted by molar-refractivity contribution is 7.47. The molecule has 0 spiro atoms. The number of aliphatic hydroxyl groups is 8. The average molecular weight is 931 g/mol. The molecule has 9 N–H and O–H groups in total. The largest absolute Gasteiger partial charge is 0.472 e. The van der Waals surface area contributed by atoms with Gasteiger partial charge in [-0.2, -0.15) is 0 Å². The van der Waals surface area contributed by atoms with E-state index in [4.69, 9.17) is 18.5 Å². The molecule has 1 fully saturated rings. The first-order chi connectivity index (χ1) is 30.6. The van der Waals surface area contributed by atoms with Crippen LogP contribution in [0.4, 0.5) is 0 Å². The molecule has 368 valence electrons. The van der Waals surface area contributed by atoms with Gasteiger partial charge < -0.3 is 55.2 Å². The van der Waals surface area contributed by atoms with Gasteiger partial charge in [-0.3, -0.25) is 18.6 Å². The highest BCUT2D eigenvalue weighted by Gasteiger charge is 2.49. The lowest BCUT2D eigenvalue weighted by molar-refractivity contribution is -0.167. The van der Waals surface area contributed by atoms with Crippen molar-refractivity contribution in [2.45, 2.75) is 197 Å². The molecule has 0 aromatic rings. The maximum absolute atomic E-state index is 13.5. The molecule has 1 unspecified atom stereocenters. The van der Waals surface area contributed by atoms with Crippen molar-refractivity contribution >= 4 is 19.8 Å². The van der Waals surface area contributed by atoms with Crippen molar-refractivity contribution in [1.29, 1.82) is 0 Å². The summed E-state index contributed by atoms with van der Waals surface area (Å²) in [7, 11) is -5.45. The lowest BCUT2D eigenvalue weighted by Crippen LogP contribution is -2.55. The molecule has 0 radical (unpaired) electrons. The number of cyclic esters (lactones) is 1. The third-order valence-electron chi connectivity index (χ3n) is 11.4. The van der Waals surface area contributed by atoms with Crippen LogP contribution >= 0.6 is 7.82 Å². The molecule has 0 aromatic heterocycles. The molecule has 2 bridgehead atoms. The lowest BCUT2D eigenvalue weighted by atomic mass is 9.83. The van der Waals surface area contributed by atoms with Crippen LogP contribution < -0.4 is 0 Å². The van der Waals surface area contributed by atoms with Crippen molar-refractivity contribution in [2.24, 2.45) is 11.8 Å². The van der Waals surface area contributed by atoms with E-state index in [1.165, 1.54) is 31.4 Å². The summed E-state index contributed by atoms with van der Waals surface area (Å²) < 4.78 is 34.7. The Labute approximate surface area is 380 Å². The van der Waals surface area contributed by atoms with Gasteiger partial charge in [0.2, 0.25) is 0 Å². The predicted octanol–water partition coefficient (Wildman–Crippen LogP) is 5.32. The fraction of sp³-hybridized carbons (Fsp3) is 0.745. The third kappa shape index (κ3) is 23.2. The smallest absolute Gasteiger partial charge is 0.462 e. The molecule has 0 saturated heterocycles. The first kappa shape index (κ1) is 57.6. The fourth-order valence-corrected chi connectivity index (χ4v) is 8.44. The number of phosphoric acid groups is 1. The molecular formula is C47H79O16P. The van der Waals surface area contributed by atoms with E-state index in [9.17, 15) is 59.9 Å². The number of hydrogen-bond donors (Lipinski definition) is 9. The Bertz CT molecular complexity index is 1480. The van der Waals surface area contributed by atoms with Crippen LogP contribution in [0.15, 0.2) is 60.8 Å². The Morgan fingerprint density at radius 3 is 2.09 bits per heavy atom. The Hall–Kier alpha value is -2.57. The zero-order valence-electron chi connectivity index (χ0n) is 37.9. The van der Waals surface area contributed by atoms with Crippen molar-refractivity contribution in [3.8, 4) is 0 Å². The van der Waals surface area contributed by atoms with Crippen LogP contribution in [-0.2, 0) is 32.7 Å². The summed E-state index contributed by atoms with van der Waals surface area (Å²) in [4.78, 5) is 36.4. The predicted molar refractivity (Wildman–Crippen MR) is 241 cm³/mol. The number of esters is 2. The van der Waals surface area contributed by atoms with Crippen LogP contribution in [0.25, 0.3) is 0 Å². The normalized spacial score (nSPS) is 33.2. The number of ether oxygens (including phenoxy) is 2. The minimum Gasteiger partial charge on any atom is -0.462 e. The molecular weight excluding hydrogens is 851 g/mol. The van der Waals surface area contributed by atoms with E-state index in [0.717, 1.165) is 38.5 Å². The summed E-state index contributed by atoms with van der Waals surface area (Å²) in [6.07, 6.45) is 10.3. The second-order valence-electron chi connectivity index (χ2n) is 16.9. The Kier molecular flexibility index (Phi) is 29.7. The van der Waals surface area contributed by atoms with Crippen molar-refractivity contribution in [3.63, 3.8) is 0 Å². The second kappa shape index (κ2) is 33.0. The SMILES string of the molecule is CCCCC/C=C\C/C=C\C/C=C\CCCCC(=O)O[C@@H]1COC(=O)CCC/C=C/C[C@@H]2[C@@H](O)[C@H](O)[C@@H](O)[C@H](OP(=O)(O)OC1)[C@H](O)[C@H](O)[C@@H](C=C[C@@H](O)CCCCC)[C@H](O)C[C@@H]2O. The number of aliphatic hydroxyl groups excluding tert-OH is 8. The highest BCUT2D eigenvalue weighted by Crippen LogP contribution is 2.47. The molecule has 1 aliphatic carbocycles. The van der Waals surface area contributed by atoms with Crippen LogP contribution in [0.3, 0.4) is 0 Å². The van der Waals surface area contributed by atoms with Gasteiger partial charge in [0.15, 0.2) is 6.10 Å². The molecule has 16 nitrogen and oxygen atoms in total. The van der Waals surface area contributed by atoms with Crippen molar-refractivity contribution in [2.75, 3.05) is 13.2 Å². The minimum atomic E-state index is -5.45. The van der Waals surface area contributed by atoms with Crippen molar-refractivity contribution in [1.82, 2.24) is 0 Å². The van der Waals surface area contributed by atoms with Crippen molar-refractivity contribution < 1.29 is 78.4 Å². The molecule has 1 saturated carbocycles. The van der Waals surface area contributed by atoms with Crippen LogP contribution in [-0.4, -0.2) is 132 Å². The van der Waals surface area contributed by atoms with Gasteiger partial charge in [-0.1, -0.05) is 107 Å². The second-order valence-corrected chi connectivity index (χ2v) is 18.3. The van der Waals surface area contributed by atoms with Crippen LogP contribution in [0.2, 0.25) is 0 Å². The summed E-state index contributed by atoms with van der Waals surface area (Å²) in [5.41, 5.74) is 0. The molecule has 0 amide bonds. The van der Waals surface area contributed by atoms with Crippen molar-refractivity contribution in [3.05, 3.63) is 60.8 Å². The number of hydrogen-bond acceptors (Lipinski definition) is 15. The molecule has 2 aliphatic rings. The molecule has 17 heteroatoms. The maximum atomic E-state index is 13.5. The Morgan fingerprint density at radius 2 is 1.42 bits per heavy atom.